The van der Waals surface area contributed by atoms with Crippen LogP contribution in [0.3, 0.4) is 0 Å². The molecule has 0 amide bonds. The van der Waals surface area contributed by atoms with Crippen LogP contribution in [0.4, 0.5) is 0 Å². The fourth-order valence-corrected chi connectivity index (χ4v) is 23.7. The van der Waals surface area contributed by atoms with Crippen LogP contribution in [0.1, 0.15) is 305 Å². The predicted octanol–water partition coefficient (Wildman–Crippen LogP) is 22.8. The molecule has 0 fully saturated rings. The number of terminal acetylenes is 1. The van der Waals surface area contributed by atoms with Gasteiger partial charge < -0.3 is 10.2 Å². The van der Waals surface area contributed by atoms with Crippen molar-refractivity contribution in [1.82, 2.24) is 24.9 Å². The molecule has 0 bridgehead atoms. The van der Waals surface area contributed by atoms with Crippen LogP contribution in [-0.2, 0) is 0 Å². The smallest absolute Gasteiger partial charge is 0.146 e. The molecular formula is C96H120IN5O2Si2. The second-order valence-corrected chi connectivity index (χ2v) is 42.3. The molecule has 0 radical (unpaired) electrons. The van der Waals surface area contributed by atoms with Crippen molar-refractivity contribution in [3.8, 4) is 118 Å². The van der Waals surface area contributed by atoms with Gasteiger partial charge in [0.05, 0.1) is 0 Å². The van der Waals surface area contributed by atoms with Crippen LogP contribution < -0.4 is 0 Å². The third kappa shape index (κ3) is 32.8. The summed E-state index contributed by atoms with van der Waals surface area (Å²) >= 11 is 2.48. The van der Waals surface area contributed by atoms with E-state index in [0.29, 0.717) is 50.3 Å². The average Bonchev–Trinajstić information content (AvgIpc) is 0.808. The van der Waals surface area contributed by atoms with Crippen LogP contribution in [0.2, 0.25) is 33.2 Å². The molecule has 5 heterocycles. The van der Waals surface area contributed by atoms with Gasteiger partial charge in [-0.05, 0) is 214 Å². The summed E-state index contributed by atoms with van der Waals surface area (Å²) in [5.41, 5.74) is 22.5. The fourth-order valence-electron chi connectivity index (χ4n) is 12.5. The second-order valence-electron chi connectivity index (χ2n) is 29.8. The summed E-state index contributed by atoms with van der Waals surface area (Å²) < 4.78 is 1.41. The van der Waals surface area contributed by atoms with Crippen molar-refractivity contribution in [2.45, 2.75) is 293 Å². The maximum Gasteiger partial charge on any atom is 0.146 e. The van der Waals surface area contributed by atoms with Crippen LogP contribution in [0.5, 0.6) is 0 Å². The number of hydrogen-bond donors (Lipinski definition) is 2. The minimum atomic E-state index is -1.80. The molecule has 0 unspecified atom stereocenters. The first-order valence-electron chi connectivity index (χ1n) is 38.6. The third-order valence-electron chi connectivity index (χ3n) is 18.2. The number of halogens is 1. The molecule has 5 rings (SSSR count). The summed E-state index contributed by atoms with van der Waals surface area (Å²) in [6.45, 7) is 47.8. The Labute approximate surface area is 659 Å². The number of rotatable bonds is 21. The molecule has 0 spiro atoms. The van der Waals surface area contributed by atoms with Crippen molar-refractivity contribution in [3.63, 3.8) is 0 Å². The van der Waals surface area contributed by atoms with Gasteiger partial charge in [-0.15, -0.1) is 17.5 Å². The minimum Gasteiger partial charge on any atom is -0.378 e. The molecule has 0 aliphatic heterocycles. The van der Waals surface area contributed by atoms with Gasteiger partial charge >= 0.3 is 0 Å². The number of pyridine rings is 5. The molecule has 106 heavy (non-hydrogen) atoms. The maximum absolute atomic E-state index is 9.83. The molecule has 0 aliphatic carbocycles. The Balaban J connectivity index is 0.000000421. The number of nitrogens with zero attached hydrogens (tertiary/aromatic N) is 5. The lowest BCUT2D eigenvalue weighted by atomic mass is 9.99. The van der Waals surface area contributed by atoms with E-state index in [0.717, 1.165) is 145 Å². The molecule has 556 valence electrons. The third-order valence-corrected chi connectivity index (χ3v) is 31.9. The molecule has 10 heteroatoms. The van der Waals surface area contributed by atoms with Gasteiger partial charge in [0, 0.05) is 90.2 Å². The van der Waals surface area contributed by atoms with E-state index in [1.165, 1.54) is 22.0 Å². The van der Waals surface area contributed by atoms with Crippen molar-refractivity contribution >= 4 is 38.7 Å². The van der Waals surface area contributed by atoms with Crippen LogP contribution >= 0.6 is 22.6 Å². The van der Waals surface area contributed by atoms with Gasteiger partial charge in [0.15, 0.2) is 0 Å². The van der Waals surface area contributed by atoms with E-state index in [4.69, 9.17) is 6.42 Å². The minimum absolute atomic E-state index is 0.591. The van der Waals surface area contributed by atoms with Crippen molar-refractivity contribution in [2.75, 3.05) is 0 Å². The highest BCUT2D eigenvalue weighted by Crippen LogP contribution is 2.42. The number of hydrogen-bond acceptors (Lipinski definition) is 7. The summed E-state index contributed by atoms with van der Waals surface area (Å²) in [5.74, 6) is 54.1. The topological polar surface area (TPSA) is 105 Å². The Kier molecular flexibility index (Phi) is 41.6. The summed E-state index contributed by atoms with van der Waals surface area (Å²) in [7, 11) is -3.52. The van der Waals surface area contributed by atoms with E-state index >= 15 is 0 Å². The zero-order valence-electron chi connectivity index (χ0n) is 68.3. The summed E-state index contributed by atoms with van der Waals surface area (Å²) in [6, 6.07) is 19.3. The van der Waals surface area contributed by atoms with Gasteiger partial charge in [-0.2, -0.15) is 0 Å². The molecule has 0 saturated heterocycles. The van der Waals surface area contributed by atoms with Crippen molar-refractivity contribution in [1.29, 1.82) is 0 Å². The second kappa shape index (κ2) is 48.1. The fraction of sp³-hybridized carbons (Fsp3) is 0.469. The normalized spacial score (nSPS) is 11.7. The zero-order valence-corrected chi connectivity index (χ0v) is 72.5. The molecule has 0 aromatic carbocycles. The molecule has 5 aromatic heterocycles. The Morgan fingerprint density at radius 1 is 0.349 bits per heavy atom. The Hall–Kier alpha value is -8.35. The largest absolute Gasteiger partial charge is 0.378 e. The van der Waals surface area contributed by atoms with Gasteiger partial charge in [-0.25, -0.2) is 24.9 Å². The van der Waals surface area contributed by atoms with Gasteiger partial charge in [-0.1, -0.05) is 252 Å². The van der Waals surface area contributed by atoms with E-state index in [9.17, 15) is 10.2 Å². The number of aliphatic hydroxyl groups is 2. The first kappa shape index (κ1) is 91.9. The van der Waals surface area contributed by atoms with Gasteiger partial charge in [0.25, 0.3) is 0 Å². The molecule has 5 aromatic rings. The van der Waals surface area contributed by atoms with E-state index in [1.54, 1.807) is 52.4 Å². The first-order chi connectivity index (χ1) is 50.3. The van der Waals surface area contributed by atoms with Gasteiger partial charge in [0.1, 0.15) is 55.8 Å². The SMILES string of the molecule is C#Cc1ccc(C#C/C(CCC)=C(/C#Cc2ccc(C#CC(C)(C)O)cn2)CCCC)cn1.CCCC/C(C#Cc1ccc(C#CC(C)(C)O)cn1)=C(\C#Cc1ccc(C#C[Si](C(C)C)(C(C)C)C(C)C)nc1)CCC.CCCC/C(I)=C(\C#Cc1ccc(C#C[Si](C(C)C)(C(C)C)C(C)C)nc1)CCC. The highest BCUT2D eigenvalue weighted by molar-refractivity contribution is 14.1. The Bertz CT molecular complexity index is 4320. The molecule has 0 atom stereocenters. The molecule has 0 aliphatic rings. The molecule has 2 N–H and O–H groups in total. The van der Waals surface area contributed by atoms with E-state index < -0.39 is 27.3 Å². The van der Waals surface area contributed by atoms with Crippen molar-refractivity contribution in [3.05, 3.63) is 179 Å². The lowest BCUT2D eigenvalue weighted by Gasteiger charge is -2.38. The van der Waals surface area contributed by atoms with Gasteiger partial charge in [0.2, 0.25) is 0 Å². The summed E-state index contributed by atoms with van der Waals surface area (Å²) in [5, 5.41) is 19.6. The lowest BCUT2D eigenvalue weighted by molar-refractivity contribution is 0.143. The zero-order chi connectivity index (χ0) is 78.9. The highest BCUT2D eigenvalue weighted by atomic mass is 127. The van der Waals surface area contributed by atoms with Crippen LogP contribution in [0, 0.1) is 118 Å². The van der Waals surface area contributed by atoms with Gasteiger partial charge in [-0.3, -0.25) is 0 Å². The monoisotopic (exact) mass is 1560 g/mol. The van der Waals surface area contributed by atoms with E-state index in [1.807, 2.05) is 60.9 Å². The molecular weight excluding hydrogens is 1440 g/mol. The Morgan fingerprint density at radius 2 is 0.604 bits per heavy atom. The summed E-state index contributed by atoms with van der Waals surface area (Å²) in [4.78, 5) is 22.3. The predicted molar refractivity (Wildman–Crippen MR) is 464 cm³/mol. The number of unbranched alkanes of at least 4 members (excludes halogenated alkanes) is 3. The molecule has 7 nitrogen and oxygen atoms in total. The number of allylic oxidation sites excluding steroid dienone is 6. The maximum atomic E-state index is 9.83. The van der Waals surface area contributed by atoms with E-state index in [-0.39, 0.29) is 0 Å². The van der Waals surface area contributed by atoms with Crippen LogP contribution in [0.15, 0.2) is 123 Å². The van der Waals surface area contributed by atoms with Crippen LogP contribution in [-0.4, -0.2) is 62.5 Å². The van der Waals surface area contributed by atoms with E-state index in [2.05, 4.69) is 290 Å². The van der Waals surface area contributed by atoms with Crippen LogP contribution in [0.25, 0.3) is 0 Å². The lowest BCUT2D eigenvalue weighted by Crippen LogP contribution is -2.43. The molecule has 0 saturated carbocycles. The van der Waals surface area contributed by atoms with Crippen molar-refractivity contribution in [2.24, 2.45) is 0 Å². The average molecular weight is 1560 g/mol. The first-order valence-corrected chi connectivity index (χ1v) is 44.1. The number of aromatic nitrogens is 5. The quantitative estimate of drug-likeness (QED) is 0.0428. The highest BCUT2D eigenvalue weighted by Gasteiger charge is 2.43. The van der Waals surface area contributed by atoms with Crippen molar-refractivity contribution < 1.29 is 10.2 Å². The summed E-state index contributed by atoms with van der Waals surface area (Å²) in [6.07, 6.45) is 29.7. The Morgan fingerprint density at radius 3 is 0.868 bits per heavy atom. The standard InChI is InChI=1S/C39H50N2OSi.C30H30N2O.C27H40INSi/c1-11-13-15-36(20-23-37-21-18-34(29-40-37)24-26-39(9,10)42)35(14-12-2)19-16-33-17-22-38(41-28-33)25-27-43(30(3)4,31(5)6)32(7)8;1-6-9-11-27(16-19-29-18-14-25(23-32-29)20-21-30(4,5)33)26(10-7-2)15-12-24-13-17-28(8-3)31-22-24;1-9-11-13-27(28)25(12-10-2)16-14-24-15-17-26(29-20-24)18-19-30(21(3)4,22(5)6)23(7)8/h17-18,21-22,28-32,42H,11-15H2,1-10H3;3,13-14,17-18,22-23,33H,6-7,9-11H2,1-2,4-5H3;15,17,20-23H,9-13H2,1-8H3/b36-35+;27-26+;27-25+.